The number of nitrogens with zero attached hydrogens (tertiary/aromatic N) is 1. The Labute approximate surface area is 114 Å². The maximum Gasteiger partial charge on any atom is 0.253 e. The average molecular weight is 255 g/mol. The second-order valence-electron chi connectivity index (χ2n) is 5.75. The first-order chi connectivity index (χ1) is 9.20. The second-order valence-corrected chi connectivity index (χ2v) is 5.75. The predicted molar refractivity (Wildman–Crippen MR) is 79.8 cm³/mol. The molecule has 0 unspecified atom stereocenters. The third-order valence-electron chi connectivity index (χ3n) is 4.60. The highest BCUT2D eigenvalue weighted by Crippen LogP contribution is 2.37. The van der Waals surface area contributed by atoms with E-state index in [9.17, 15) is 4.79 Å². The molecular weight excluding hydrogens is 234 g/mol. The number of benzene rings is 1. The summed E-state index contributed by atoms with van der Waals surface area (Å²) < 4.78 is 1.79. The van der Waals surface area contributed by atoms with Crippen LogP contribution in [0.25, 0.3) is 10.9 Å². The Hall–Kier alpha value is -1.57. The minimum absolute atomic E-state index is 0.166. The molecule has 19 heavy (non-hydrogen) atoms. The molecule has 0 radical (unpaired) electrons. The minimum Gasteiger partial charge on any atom is -0.311 e. The number of hydrogen-bond acceptors (Lipinski definition) is 1. The lowest BCUT2D eigenvalue weighted by Gasteiger charge is -2.25. The molecule has 0 atom stereocenters. The van der Waals surface area contributed by atoms with Gasteiger partial charge in [0, 0.05) is 18.0 Å². The largest absolute Gasteiger partial charge is 0.311 e. The van der Waals surface area contributed by atoms with Crippen molar-refractivity contribution in [1.29, 1.82) is 0 Å². The lowest BCUT2D eigenvalue weighted by atomic mass is 9.81. The van der Waals surface area contributed by atoms with E-state index in [1.54, 1.807) is 4.57 Å². The number of hydrogen-bond donors (Lipinski definition) is 0. The Balaban J connectivity index is 2.30. The first-order valence-electron chi connectivity index (χ1n) is 7.28. The van der Waals surface area contributed by atoms with E-state index >= 15 is 0 Å². The van der Waals surface area contributed by atoms with Crippen LogP contribution in [-0.4, -0.2) is 4.57 Å². The SMILES string of the molecule is Cc1c(C2CCCCC2)c2ccccc2n(C)c1=O. The van der Waals surface area contributed by atoms with Crippen LogP contribution in [-0.2, 0) is 7.05 Å². The molecule has 1 aliphatic carbocycles. The highest BCUT2D eigenvalue weighted by atomic mass is 16.1. The van der Waals surface area contributed by atoms with Crippen LogP contribution < -0.4 is 5.56 Å². The van der Waals surface area contributed by atoms with Crippen LogP contribution in [0.3, 0.4) is 0 Å². The number of pyridine rings is 1. The molecule has 0 bridgehead atoms. The fourth-order valence-electron chi connectivity index (χ4n) is 3.59. The standard InChI is InChI=1S/C17H21NO/c1-12-16(13-8-4-3-5-9-13)14-10-6-7-11-15(14)18(2)17(12)19/h6-7,10-11,13H,3-5,8-9H2,1-2H3. The van der Waals surface area contributed by atoms with E-state index < -0.39 is 0 Å². The molecule has 1 saturated carbocycles. The van der Waals surface area contributed by atoms with E-state index in [0.29, 0.717) is 5.92 Å². The zero-order valence-electron chi connectivity index (χ0n) is 11.8. The molecule has 0 N–H and O–H groups in total. The van der Waals surface area contributed by atoms with Crippen LogP contribution in [0.2, 0.25) is 0 Å². The molecule has 1 heterocycles. The summed E-state index contributed by atoms with van der Waals surface area (Å²) in [6, 6.07) is 8.33. The molecule has 0 amide bonds. The first-order valence-corrected chi connectivity index (χ1v) is 7.28. The Morgan fingerprint density at radius 2 is 1.79 bits per heavy atom. The Morgan fingerprint density at radius 3 is 2.53 bits per heavy atom. The van der Waals surface area contributed by atoms with E-state index in [2.05, 4.69) is 18.2 Å². The third kappa shape index (κ3) is 1.99. The summed E-state index contributed by atoms with van der Waals surface area (Å²) in [5.74, 6) is 0.576. The van der Waals surface area contributed by atoms with Gasteiger partial charge in [0.05, 0.1) is 5.52 Å². The van der Waals surface area contributed by atoms with Crippen molar-refractivity contribution in [3.8, 4) is 0 Å². The molecule has 100 valence electrons. The van der Waals surface area contributed by atoms with Crippen molar-refractivity contribution in [2.45, 2.75) is 44.9 Å². The van der Waals surface area contributed by atoms with Crippen LogP contribution in [0.5, 0.6) is 0 Å². The van der Waals surface area contributed by atoms with Crippen molar-refractivity contribution < 1.29 is 0 Å². The quantitative estimate of drug-likeness (QED) is 0.757. The molecule has 2 nitrogen and oxygen atoms in total. The predicted octanol–water partition coefficient (Wildman–Crippen LogP) is 3.89. The molecule has 3 rings (SSSR count). The van der Waals surface area contributed by atoms with Gasteiger partial charge in [-0.1, -0.05) is 37.5 Å². The molecule has 1 aromatic heterocycles. The highest BCUT2D eigenvalue weighted by molar-refractivity contribution is 5.84. The number of fused-ring (bicyclic) bond motifs is 1. The molecular formula is C17H21NO. The van der Waals surface area contributed by atoms with Gasteiger partial charge in [-0.25, -0.2) is 0 Å². The van der Waals surface area contributed by atoms with Gasteiger partial charge >= 0.3 is 0 Å². The van der Waals surface area contributed by atoms with Gasteiger partial charge in [0.15, 0.2) is 0 Å². The van der Waals surface area contributed by atoms with Gasteiger partial charge in [-0.05, 0) is 37.3 Å². The van der Waals surface area contributed by atoms with Gasteiger partial charge in [0.2, 0.25) is 0 Å². The number of para-hydroxylation sites is 1. The molecule has 2 aromatic rings. The maximum absolute atomic E-state index is 12.4. The Bertz CT molecular complexity index is 663. The molecule has 1 aliphatic rings. The van der Waals surface area contributed by atoms with Crippen LogP contribution in [0, 0.1) is 6.92 Å². The molecule has 0 saturated heterocycles. The average Bonchev–Trinajstić information content (AvgIpc) is 2.46. The Morgan fingerprint density at radius 1 is 1.11 bits per heavy atom. The van der Waals surface area contributed by atoms with Gasteiger partial charge in [-0.2, -0.15) is 0 Å². The number of aryl methyl sites for hydroxylation is 1. The van der Waals surface area contributed by atoms with E-state index in [1.165, 1.54) is 43.1 Å². The van der Waals surface area contributed by atoms with Crippen LogP contribution in [0.4, 0.5) is 0 Å². The van der Waals surface area contributed by atoms with Crippen LogP contribution in [0.1, 0.15) is 49.1 Å². The monoisotopic (exact) mass is 255 g/mol. The van der Waals surface area contributed by atoms with Crippen LogP contribution >= 0.6 is 0 Å². The zero-order chi connectivity index (χ0) is 13.4. The normalized spacial score (nSPS) is 16.9. The molecule has 1 fully saturated rings. The summed E-state index contributed by atoms with van der Waals surface area (Å²) in [7, 11) is 1.88. The van der Waals surface area contributed by atoms with Gasteiger partial charge in [-0.3, -0.25) is 4.79 Å². The fourth-order valence-corrected chi connectivity index (χ4v) is 3.59. The fraction of sp³-hybridized carbons (Fsp3) is 0.471. The van der Waals surface area contributed by atoms with E-state index in [-0.39, 0.29) is 5.56 Å². The van der Waals surface area contributed by atoms with Crippen LogP contribution in [0.15, 0.2) is 29.1 Å². The van der Waals surface area contributed by atoms with Crippen molar-refractivity contribution in [2.24, 2.45) is 7.05 Å². The van der Waals surface area contributed by atoms with Gasteiger partial charge < -0.3 is 4.57 Å². The summed E-state index contributed by atoms with van der Waals surface area (Å²) in [6.07, 6.45) is 6.41. The van der Waals surface area contributed by atoms with Crippen molar-refractivity contribution in [3.63, 3.8) is 0 Å². The molecule has 0 aliphatic heterocycles. The highest BCUT2D eigenvalue weighted by Gasteiger charge is 2.22. The number of rotatable bonds is 1. The summed E-state index contributed by atoms with van der Waals surface area (Å²) >= 11 is 0. The summed E-state index contributed by atoms with van der Waals surface area (Å²) in [6.45, 7) is 2.00. The van der Waals surface area contributed by atoms with Crippen molar-refractivity contribution >= 4 is 10.9 Å². The maximum atomic E-state index is 12.4. The molecule has 2 heteroatoms. The van der Waals surface area contributed by atoms with Crippen molar-refractivity contribution in [3.05, 3.63) is 45.7 Å². The number of aromatic nitrogens is 1. The summed E-state index contributed by atoms with van der Waals surface area (Å²) in [5.41, 5.74) is 3.50. The van der Waals surface area contributed by atoms with E-state index in [0.717, 1.165) is 11.1 Å². The van der Waals surface area contributed by atoms with Crippen molar-refractivity contribution in [2.75, 3.05) is 0 Å². The second kappa shape index (κ2) is 4.84. The van der Waals surface area contributed by atoms with Gasteiger partial charge in [-0.15, -0.1) is 0 Å². The third-order valence-corrected chi connectivity index (χ3v) is 4.60. The first kappa shape index (κ1) is 12.5. The van der Waals surface area contributed by atoms with Gasteiger partial charge in [0.1, 0.15) is 0 Å². The summed E-state index contributed by atoms with van der Waals surface area (Å²) in [5, 5.41) is 1.27. The van der Waals surface area contributed by atoms with E-state index in [1.807, 2.05) is 20.0 Å². The zero-order valence-corrected chi connectivity index (χ0v) is 11.8. The molecule has 1 aromatic carbocycles. The molecule has 0 spiro atoms. The smallest absolute Gasteiger partial charge is 0.253 e. The summed E-state index contributed by atoms with van der Waals surface area (Å²) in [4.78, 5) is 12.4. The van der Waals surface area contributed by atoms with Crippen molar-refractivity contribution in [1.82, 2.24) is 4.57 Å². The van der Waals surface area contributed by atoms with Gasteiger partial charge in [0.25, 0.3) is 5.56 Å². The van der Waals surface area contributed by atoms with E-state index in [4.69, 9.17) is 0 Å². The minimum atomic E-state index is 0.166. The lowest BCUT2D eigenvalue weighted by molar-refractivity contribution is 0.443. The Kier molecular flexibility index (Phi) is 3.17. The lowest BCUT2D eigenvalue weighted by Crippen LogP contribution is -2.23. The topological polar surface area (TPSA) is 22.0 Å².